The van der Waals surface area contributed by atoms with Gasteiger partial charge < -0.3 is 5.32 Å². The van der Waals surface area contributed by atoms with E-state index in [-0.39, 0.29) is 0 Å². The average molecular weight is 162 g/mol. The predicted octanol–water partition coefficient (Wildman–Crippen LogP) is 1.82. The molecule has 0 aliphatic carbocycles. The van der Waals surface area contributed by atoms with Gasteiger partial charge in [-0.05, 0) is 12.5 Å². The fraction of sp³-hybridized carbons (Fsp3) is 0.300. The Morgan fingerprint density at radius 2 is 2.00 bits per heavy atom. The fourth-order valence-electron chi connectivity index (χ4n) is 0.905. The molecule has 0 radical (unpaired) electrons. The molecule has 1 N–H and O–H groups in total. The second-order valence-electron chi connectivity index (χ2n) is 2.65. The molecular weight excluding hydrogens is 148 g/mol. The molecule has 0 aliphatic heterocycles. The molecule has 0 fully saturated rings. The zero-order chi connectivity index (χ0) is 8.81. The highest BCUT2D eigenvalue weighted by Crippen LogP contribution is 1.96. The van der Waals surface area contributed by atoms with Crippen LogP contribution in [0.2, 0.25) is 0 Å². The maximum Gasteiger partial charge on any atom is 0.0930 e. The first-order valence-corrected chi connectivity index (χ1v) is 4.04. The standard InChI is InChI=1S/C10H14N2/c1-9(11-2)12-8-10-6-4-3-5-7-10/h3-7H,8H2,1-2H3,(H,11,12). The number of amidine groups is 1. The molecule has 0 atom stereocenters. The molecule has 2 nitrogen and oxygen atoms in total. The molecule has 12 heavy (non-hydrogen) atoms. The van der Waals surface area contributed by atoms with E-state index in [0.717, 1.165) is 12.4 Å². The summed E-state index contributed by atoms with van der Waals surface area (Å²) >= 11 is 0. The summed E-state index contributed by atoms with van der Waals surface area (Å²) in [7, 11) is 1.79. The van der Waals surface area contributed by atoms with Crippen molar-refractivity contribution in [3.8, 4) is 0 Å². The van der Waals surface area contributed by atoms with Gasteiger partial charge >= 0.3 is 0 Å². The number of nitrogens with zero attached hydrogens (tertiary/aromatic N) is 1. The molecule has 0 heterocycles. The van der Waals surface area contributed by atoms with Crippen molar-refractivity contribution in [1.29, 1.82) is 0 Å². The van der Waals surface area contributed by atoms with Crippen LogP contribution in [0.1, 0.15) is 12.5 Å². The van der Waals surface area contributed by atoms with Gasteiger partial charge in [0.25, 0.3) is 0 Å². The van der Waals surface area contributed by atoms with Crippen molar-refractivity contribution >= 4 is 5.84 Å². The van der Waals surface area contributed by atoms with Crippen molar-refractivity contribution in [3.05, 3.63) is 35.9 Å². The molecule has 0 saturated carbocycles. The van der Waals surface area contributed by atoms with E-state index < -0.39 is 0 Å². The molecular formula is C10H14N2. The second-order valence-corrected chi connectivity index (χ2v) is 2.65. The van der Waals surface area contributed by atoms with E-state index in [1.807, 2.05) is 25.1 Å². The third-order valence-corrected chi connectivity index (χ3v) is 1.73. The summed E-state index contributed by atoms with van der Waals surface area (Å²) in [6.07, 6.45) is 0. The highest BCUT2D eigenvalue weighted by molar-refractivity contribution is 5.79. The average Bonchev–Trinajstić information content (AvgIpc) is 2.16. The van der Waals surface area contributed by atoms with Crippen LogP contribution < -0.4 is 5.32 Å². The fourth-order valence-corrected chi connectivity index (χ4v) is 0.905. The highest BCUT2D eigenvalue weighted by Gasteiger charge is 1.89. The Bertz CT molecular complexity index is 252. The topological polar surface area (TPSA) is 24.4 Å². The van der Waals surface area contributed by atoms with Crippen LogP contribution in [-0.4, -0.2) is 12.9 Å². The first-order chi connectivity index (χ1) is 5.83. The van der Waals surface area contributed by atoms with E-state index in [1.54, 1.807) is 7.05 Å². The minimum Gasteiger partial charge on any atom is -0.370 e. The normalized spacial score (nSPS) is 11.3. The molecule has 1 aromatic carbocycles. The summed E-state index contributed by atoms with van der Waals surface area (Å²) in [6.45, 7) is 2.81. The number of benzene rings is 1. The summed E-state index contributed by atoms with van der Waals surface area (Å²) in [6, 6.07) is 10.3. The molecule has 0 amide bonds. The lowest BCUT2D eigenvalue weighted by atomic mass is 10.2. The van der Waals surface area contributed by atoms with E-state index in [1.165, 1.54) is 5.56 Å². The first kappa shape index (κ1) is 8.78. The lowest BCUT2D eigenvalue weighted by molar-refractivity contribution is 0.906. The minimum absolute atomic E-state index is 0.851. The third-order valence-electron chi connectivity index (χ3n) is 1.73. The Kier molecular flexibility index (Phi) is 3.33. The van der Waals surface area contributed by atoms with Crippen molar-refractivity contribution < 1.29 is 0 Å². The van der Waals surface area contributed by atoms with Crippen LogP contribution in [0, 0.1) is 0 Å². The lowest BCUT2D eigenvalue weighted by Gasteiger charge is -2.03. The Balaban J connectivity index is 2.44. The van der Waals surface area contributed by atoms with Gasteiger partial charge in [-0.3, -0.25) is 4.99 Å². The first-order valence-electron chi connectivity index (χ1n) is 4.04. The molecule has 0 aromatic heterocycles. The summed E-state index contributed by atoms with van der Waals surface area (Å²) in [5.74, 6) is 0.971. The molecule has 2 heteroatoms. The van der Waals surface area contributed by atoms with E-state index >= 15 is 0 Å². The van der Waals surface area contributed by atoms with Gasteiger partial charge in [-0.25, -0.2) is 0 Å². The van der Waals surface area contributed by atoms with Gasteiger partial charge in [0.1, 0.15) is 0 Å². The van der Waals surface area contributed by atoms with Gasteiger partial charge in [-0.15, -0.1) is 0 Å². The van der Waals surface area contributed by atoms with Crippen LogP contribution in [0.4, 0.5) is 0 Å². The zero-order valence-electron chi connectivity index (χ0n) is 7.54. The van der Waals surface area contributed by atoms with Crippen LogP contribution in [0.15, 0.2) is 35.3 Å². The SMILES string of the molecule is CN=C(C)NCc1ccccc1. The predicted molar refractivity (Wildman–Crippen MR) is 52.3 cm³/mol. The zero-order valence-corrected chi connectivity index (χ0v) is 7.54. The van der Waals surface area contributed by atoms with Gasteiger partial charge in [-0.2, -0.15) is 0 Å². The maximum atomic E-state index is 4.01. The summed E-state index contributed by atoms with van der Waals surface area (Å²) < 4.78 is 0. The van der Waals surface area contributed by atoms with E-state index in [9.17, 15) is 0 Å². The highest BCUT2D eigenvalue weighted by atomic mass is 15.0. The number of rotatable bonds is 2. The molecule has 1 aromatic rings. The van der Waals surface area contributed by atoms with Crippen molar-refractivity contribution in [1.82, 2.24) is 5.32 Å². The largest absolute Gasteiger partial charge is 0.370 e. The number of hydrogen-bond acceptors (Lipinski definition) is 1. The molecule has 0 spiro atoms. The summed E-state index contributed by atoms with van der Waals surface area (Å²) in [5.41, 5.74) is 1.28. The molecule has 64 valence electrons. The van der Waals surface area contributed by atoms with E-state index in [4.69, 9.17) is 0 Å². The van der Waals surface area contributed by atoms with Crippen LogP contribution in [0.3, 0.4) is 0 Å². The van der Waals surface area contributed by atoms with E-state index in [2.05, 4.69) is 22.4 Å². The maximum absolute atomic E-state index is 4.01. The number of hydrogen-bond donors (Lipinski definition) is 1. The van der Waals surface area contributed by atoms with Crippen LogP contribution >= 0.6 is 0 Å². The molecule has 0 unspecified atom stereocenters. The van der Waals surface area contributed by atoms with Gasteiger partial charge in [0.15, 0.2) is 0 Å². The second kappa shape index (κ2) is 4.54. The van der Waals surface area contributed by atoms with Crippen molar-refractivity contribution in [3.63, 3.8) is 0 Å². The smallest absolute Gasteiger partial charge is 0.0930 e. The van der Waals surface area contributed by atoms with Crippen molar-refractivity contribution in [2.24, 2.45) is 4.99 Å². The third kappa shape index (κ3) is 2.74. The quantitative estimate of drug-likeness (QED) is 0.520. The van der Waals surface area contributed by atoms with Crippen LogP contribution in [-0.2, 0) is 6.54 Å². The monoisotopic (exact) mass is 162 g/mol. The molecule has 0 bridgehead atoms. The summed E-state index contributed by atoms with van der Waals surface area (Å²) in [4.78, 5) is 4.01. The van der Waals surface area contributed by atoms with Crippen molar-refractivity contribution in [2.75, 3.05) is 7.05 Å². The van der Waals surface area contributed by atoms with Gasteiger partial charge in [0, 0.05) is 13.6 Å². The molecule has 0 aliphatic rings. The molecule has 1 rings (SSSR count). The van der Waals surface area contributed by atoms with Gasteiger partial charge in [-0.1, -0.05) is 30.3 Å². The van der Waals surface area contributed by atoms with E-state index in [0.29, 0.717) is 0 Å². The van der Waals surface area contributed by atoms with Gasteiger partial charge in [0.2, 0.25) is 0 Å². The lowest BCUT2D eigenvalue weighted by Crippen LogP contribution is -2.19. The Labute approximate surface area is 73.3 Å². The van der Waals surface area contributed by atoms with Crippen LogP contribution in [0.25, 0.3) is 0 Å². The molecule has 0 saturated heterocycles. The van der Waals surface area contributed by atoms with Crippen molar-refractivity contribution in [2.45, 2.75) is 13.5 Å². The number of nitrogens with one attached hydrogen (secondary N) is 1. The minimum atomic E-state index is 0.851. The Morgan fingerprint density at radius 3 is 2.58 bits per heavy atom. The Hall–Kier alpha value is -1.31. The van der Waals surface area contributed by atoms with Gasteiger partial charge in [0.05, 0.1) is 5.84 Å². The number of aliphatic imine (C=N–C) groups is 1. The Morgan fingerprint density at radius 1 is 1.33 bits per heavy atom. The summed E-state index contributed by atoms with van der Waals surface area (Å²) in [5, 5.41) is 3.20. The van der Waals surface area contributed by atoms with Crippen LogP contribution in [0.5, 0.6) is 0 Å².